The number of carbonyl (C=O) groups is 1. The van der Waals surface area contributed by atoms with Gasteiger partial charge in [0, 0.05) is 0 Å². The SMILES string of the molecule is CC1CCC(OCC(Cl)C(=O)O)CC1. The summed E-state index contributed by atoms with van der Waals surface area (Å²) in [5.41, 5.74) is 0. The van der Waals surface area contributed by atoms with Crippen molar-refractivity contribution in [3.63, 3.8) is 0 Å². The number of carboxylic acids is 1. The number of hydrogen-bond acceptors (Lipinski definition) is 2. The molecule has 4 heteroatoms. The molecule has 0 radical (unpaired) electrons. The Morgan fingerprint density at radius 3 is 2.57 bits per heavy atom. The van der Waals surface area contributed by atoms with Crippen molar-refractivity contribution in [2.24, 2.45) is 5.92 Å². The summed E-state index contributed by atoms with van der Waals surface area (Å²) in [7, 11) is 0. The van der Waals surface area contributed by atoms with E-state index in [1.807, 2.05) is 0 Å². The predicted molar refractivity (Wildman–Crippen MR) is 54.6 cm³/mol. The topological polar surface area (TPSA) is 46.5 Å². The van der Waals surface area contributed by atoms with Gasteiger partial charge in [0.25, 0.3) is 0 Å². The van der Waals surface area contributed by atoms with Crippen LogP contribution >= 0.6 is 11.6 Å². The van der Waals surface area contributed by atoms with Gasteiger partial charge < -0.3 is 9.84 Å². The van der Waals surface area contributed by atoms with E-state index in [0.717, 1.165) is 18.8 Å². The fourth-order valence-electron chi connectivity index (χ4n) is 1.69. The van der Waals surface area contributed by atoms with E-state index in [2.05, 4.69) is 6.92 Å². The van der Waals surface area contributed by atoms with Gasteiger partial charge in [0.1, 0.15) is 0 Å². The second-order valence-electron chi connectivity index (χ2n) is 4.02. The van der Waals surface area contributed by atoms with Crippen LogP contribution in [0.5, 0.6) is 0 Å². The lowest BCUT2D eigenvalue weighted by Gasteiger charge is -2.26. The first-order chi connectivity index (χ1) is 6.59. The van der Waals surface area contributed by atoms with E-state index in [9.17, 15) is 4.79 Å². The smallest absolute Gasteiger partial charge is 0.324 e. The fourth-order valence-corrected chi connectivity index (χ4v) is 1.76. The molecule has 14 heavy (non-hydrogen) atoms. The van der Waals surface area contributed by atoms with Gasteiger partial charge in [-0.2, -0.15) is 0 Å². The van der Waals surface area contributed by atoms with Crippen molar-refractivity contribution in [1.29, 1.82) is 0 Å². The number of carboxylic acid groups (broad SMARTS) is 1. The van der Waals surface area contributed by atoms with Gasteiger partial charge in [-0.1, -0.05) is 6.92 Å². The molecule has 0 amide bonds. The summed E-state index contributed by atoms with van der Waals surface area (Å²) in [6.45, 7) is 2.35. The Hall–Kier alpha value is -0.280. The highest BCUT2D eigenvalue weighted by atomic mass is 35.5. The number of alkyl halides is 1. The second-order valence-corrected chi connectivity index (χ2v) is 4.55. The molecular formula is C10H17ClO3. The van der Waals surface area contributed by atoms with Crippen LogP contribution in [0.15, 0.2) is 0 Å². The monoisotopic (exact) mass is 220 g/mol. The molecular weight excluding hydrogens is 204 g/mol. The molecule has 1 aliphatic carbocycles. The Kier molecular flexibility index (Phi) is 4.69. The van der Waals surface area contributed by atoms with Crippen LogP contribution in [0.25, 0.3) is 0 Å². The number of ether oxygens (including phenoxy) is 1. The normalized spacial score (nSPS) is 29.9. The highest BCUT2D eigenvalue weighted by Gasteiger charge is 2.21. The van der Waals surface area contributed by atoms with E-state index >= 15 is 0 Å². The Morgan fingerprint density at radius 1 is 1.50 bits per heavy atom. The van der Waals surface area contributed by atoms with Crippen molar-refractivity contribution in [3.8, 4) is 0 Å². The largest absolute Gasteiger partial charge is 0.480 e. The standard InChI is InChI=1S/C10H17ClO3/c1-7-2-4-8(5-3-7)14-6-9(11)10(12)13/h7-9H,2-6H2,1H3,(H,12,13). The number of hydrogen-bond donors (Lipinski definition) is 1. The lowest BCUT2D eigenvalue weighted by Crippen LogP contribution is -2.26. The summed E-state index contributed by atoms with van der Waals surface area (Å²) >= 11 is 5.54. The van der Waals surface area contributed by atoms with E-state index in [4.69, 9.17) is 21.4 Å². The Balaban J connectivity index is 2.16. The van der Waals surface area contributed by atoms with E-state index in [1.54, 1.807) is 0 Å². The highest BCUT2D eigenvalue weighted by molar-refractivity contribution is 6.29. The van der Waals surface area contributed by atoms with Gasteiger partial charge in [0.2, 0.25) is 0 Å². The molecule has 0 aliphatic heterocycles. The molecule has 0 aromatic carbocycles. The molecule has 1 aliphatic rings. The molecule has 1 unspecified atom stereocenters. The van der Waals surface area contributed by atoms with Crippen LogP contribution in [0.4, 0.5) is 0 Å². The van der Waals surface area contributed by atoms with E-state index in [0.29, 0.717) is 0 Å². The molecule has 0 aromatic heterocycles. The van der Waals surface area contributed by atoms with Crippen molar-refractivity contribution in [3.05, 3.63) is 0 Å². The van der Waals surface area contributed by atoms with Crippen LogP contribution in [-0.4, -0.2) is 29.2 Å². The summed E-state index contributed by atoms with van der Waals surface area (Å²) in [5, 5.41) is 7.63. The molecule has 1 N–H and O–H groups in total. The molecule has 0 heterocycles. The van der Waals surface area contributed by atoms with Crippen molar-refractivity contribution < 1.29 is 14.6 Å². The van der Waals surface area contributed by atoms with Gasteiger partial charge in [0.15, 0.2) is 5.38 Å². The summed E-state index contributed by atoms with van der Waals surface area (Å²) in [6.07, 6.45) is 4.62. The van der Waals surface area contributed by atoms with Crippen molar-refractivity contribution in [2.75, 3.05) is 6.61 Å². The summed E-state index contributed by atoms with van der Waals surface area (Å²) in [6, 6.07) is 0. The van der Waals surface area contributed by atoms with Gasteiger partial charge in [-0.25, -0.2) is 0 Å². The maximum absolute atomic E-state index is 10.4. The quantitative estimate of drug-likeness (QED) is 0.740. The molecule has 1 atom stereocenters. The summed E-state index contributed by atoms with van der Waals surface area (Å²) in [4.78, 5) is 10.4. The first-order valence-corrected chi connectivity index (χ1v) is 5.51. The molecule has 0 saturated heterocycles. The van der Waals surface area contributed by atoms with Gasteiger partial charge in [-0.05, 0) is 31.6 Å². The third-order valence-corrected chi connectivity index (χ3v) is 3.02. The molecule has 3 nitrogen and oxygen atoms in total. The lowest BCUT2D eigenvalue weighted by atomic mass is 9.89. The lowest BCUT2D eigenvalue weighted by molar-refractivity contribution is -0.138. The molecule has 0 aromatic rings. The first kappa shape index (κ1) is 11.8. The molecule has 1 saturated carbocycles. The van der Waals surface area contributed by atoms with Gasteiger partial charge in [0.05, 0.1) is 12.7 Å². The Bertz CT molecular complexity index is 188. The zero-order chi connectivity index (χ0) is 10.6. The van der Waals surface area contributed by atoms with Crippen molar-refractivity contribution in [1.82, 2.24) is 0 Å². The maximum Gasteiger partial charge on any atom is 0.324 e. The van der Waals surface area contributed by atoms with Crippen LogP contribution in [-0.2, 0) is 9.53 Å². The predicted octanol–water partition coefficient (Wildman–Crippen LogP) is 2.27. The van der Waals surface area contributed by atoms with Gasteiger partial charge in [-0.3, -0.25) is 4.79 Å². The Morgan fingerprint density at radius 2 is 2.07 bits per heavy atom. The molecule has 0 bridgehead atoms. The van der Waals surface area contributed by atoms with E-state index in [-0.39, 0.29) is 12.7 Å². The minimum Gasteiger partial charge on any atom is -0.480 e. The fraction of sp³-hybridized carbons (Fsp3) is 0.900. The minimum atomic E-state index is -1.00. The van der Waals surface area contributed by atoms with Crippen LogP contribution in [0.1, 0.15) is 32.6 Å². The van der Waals surface area contributed by atoms with Crippen LogP contribution in [0.3, 0.4) is 0 Å². The average Bonchev–Trinajstić information content (AvgIpc) is 2.16. The van der Waals surface area contributed by atoms with Gasteiger partial charge in [-0.15, -0.1) is 11.6 Å². The van der Waals surface area contributed by atoms with Gasteiger partial charge >= 0.3 is 5.97 Å². The minimum absolute atomic E-state index is 0.121. The van der Waals surface area contributed by atoms with E-state index in [1.165, 1.54) is 12.8 Å². The number of halogens is 1. The zero-order valence-electron chi connectivity index (χ0n) is 8.41. The number of rotatable bonds is 4. The van der Waals surface area contributed by atoms with Crippen molar-refractivity contribution >= 4 is 17.6 Å². The first-order valence-electron chi connectivity index (χ1n) is 5.08. The molecule has 1 rings (SSSR count). The molecule has 0 spiro atoms. The maximum atomic E-state index is 10.4. The number of aliphatic carboxylic acids is 1. The summed E-state index contributed by atoms with van der Waals surface area (Å²) < 4.78 is 5.44. The summed E-state index contributed by atoms with van der Waals surface area (Å²) in [5.74, 6) is -0.225. The zero-order valence-corrected chi connectivity index (χ0v) is 9.17. The van der Waals surface area contributed by atoms with Crippen LogP contribution < -0.4 is 0 Å². The van der Waals surface area contributed by atoms with Crippen molar-refractivity contribution in [2.45, 2.75) is 44.1 Å². The van der Waals surface area contributed by atoms with E-state index < -0.39 is 11.3 Å². The molecule has 82 valence electrons. The van der Waals surface area contributed by atoms with Crippen LogP contribution in [0.2, 0.25) is 0 Å². The Labute approximate surface area is 89.4 Å². The highest BCUT2D eigenvalue weighted by Crippen LogP contribution is 2.25. The third kappa shape index (κ3) is 3.84. The molecule has 1 fully saturated rings. The third-order valence-electron chi connectivity index (χ3n) is 2.71. The second kappa shape index (κ2) is 5.56. The van der Waals surface area contributed by atoms with Crippen LogP contribution in [0, 0.1) is 5.92 Å². The average molecular weight is 221 g/mol.